The summed E-state index contributed by atoms with van der Waals surface area (Å²) in [5.41, 5.74) is 5.77. The molecule has 1 aromatic rings. The van der Waals surface area contributed by atoms with Gasteiger partial charge in [0.25, 0.3) is 0 Å². The zero-order valence-electron chi connectivity index (χ0n) is 10.7. The van der Waals surface area contributed by atoms with Crippen molar-refractivity contribution in [1.82, 2.24) is 4.90 Å². The van der Waals surface area contributed by atoms with Crippen molar-refractivity contribution >= 4 is 0 Å². The van der Waals surface area contributed by atoms with Crippen molar-refractivity contribution in [3.63, 3.8) is 0 Å². The van der Waals surface area contributed by atoms with Crippen LogP contribution in [0.2, 0.25) is 0 Å². The summed E-state index contributed by atoms with van der Waals surface area (Å²) >= 11 is 0. The molecule has 3 nitrogen and oxygen atoms in total. The summed E-state index contributed by atoms with van der Waals surface area (Å²) in [5, 5.41) is 9.78. The molecule has 0 fully saturated rings. The second-order valence-electron chi connectivity index (χ2n) is 5.03. The lowest BCUT2D eigenvalue weighted by atomic mass is 10.0. The van der Waals surface area contributed by atoms with Gasteiger partial charge in [-0.15, -0.1) is 0 Å². The van der Waals surface area contributed by atoms with Crippen LogP contribution < -0.4 is 5.73 Å². The van der Waals surface area contributed by atoms with Crippen molar-refractivity contribution in [2.75, 3.05) is 20.1 Å². The zero-order valence-corrected chi connectivity index (χ0v) is 10.7. The monoisotopic (exact) mass is 240 g/mol. The highest BCUT2D eigenvalue weighted by atomic mass is 19.1. The second-order valence-corrected chi connectivity index (χ2v) is 5.03. The predicted molar refractivity (Wildman–Crippen MR) is 67.1 cm³/mol. The summed E-state index contributed by atoms with van der Waals surface area (Å²) in [6.45, 7) is 4.34. The number of nitrogens with two attached hydrogens (primary N) is 1. The third kappa shape index (κ3) is 4.42. The fourth-order valence-corrected chi connectivity index (χ4v) is 2.00. The molecule has 0 spiro atoms. The number of aliphatic hydroxyl groups is 1. The maximum atomic E-state index is 13.2. The number of halogens is 1. The lowest BCUT2D eigenvalue weighted by Gasteiger charge is -2.32. The minimum atomic E-state index is -0.796. The molecule has 0 aliphatic heterocycles. The van der Waals surface area contributed by atoms with Crippen LogP contribution in [0.15, 0.2) is 24.3 Å². The van der Waals surface area contributed by atoms with Crippen LogP contribution in [-0.4, -0.2) is 35.7 Å². The van der Waals surface area contributed by atoms with E-state index in [4.69, 9.17) is 5.73 Å². The van der Waals surface area contributed by atoms with Crippen LogP contribution in [0, 0.1) is 5.82 Å². The van der Waals surface area contributed by atoms with Gasteiger partial charge in [0.1, 0.15) is 5.82 Å². The molecular formula is C13H21FN2O. The van der Waals surface area contributed by atoms with Crippen molar-refractivity contribution < 1.29 is 9.50 Å². The molecule has 1 atom stereocenters. The smallest absolute Gasteiger partial charge is 0.123 e. The van der Waals surface area contributed by atoms with E-state index in [0.29, 0.717) is 13.1 Å². The van der Waals surface area contributed by atoms with Crippen LogP contribution in [0.4, 0.5) is 4.39 Å². The maximum absolute atomic E-state index is 13.2. The molecule has 0 aliphatic carbocycles. The lowest BCUT2D eigenvalue weighted by Crippen LogP contribution is -2.40. The standard InChI is InChI=1S/C13H21FN2O/c1-13(2,17)9-16(3)12(8-15)10-5-4-6-11(14)7-10/h4-7,12,17H,8-9,15H2,1-3H3. The van der Waals surface area contributed by atoms with Crippen molar-refractivity contribution in [3.05, 3.63) is 35.6 Å². The van der Waals surface area contributed by atoms with Gasteiger partial charge in [-0.05, 0) is 38.6 Å². The van der Waals surface area contributed by atoms with E-state index in [9.17, 15) is 9.50 Å². The molecule has 0 amide bonds. The quantitative estimate of drug-likeness (QED) is 0.820. The first-order chi connectivity index (χ1) is 7.83. The summed E-state index contributed by atoms with van der Waals surface area (Å²) in [5.74, 6) is -0.266. The zero-order chi connectivity index (χ0) is 13.1. The Labute approximate surface area is 102 Å². The van der Waals surface area contributed by atoms with E-state index in [0.717, 1.165) is 5.56 Å². The summed E-state index contributed by atoms with van der Waals surface area (Å²) < 4.78 is 13.2. The molecule has 0 radical (unpaired) electrons. The fourth-order valence-electron chi connectivity index (χ4n) is 2.00. The molecule has 0 heterocycles. The highest BCUT2D eigenvalue weighted by Crippen LogP contribution is 2.20. The van der Waals surface area contributed by atoms with Gasteiger partial charge in [-0.2, -0.15) is 0 Å². The average molecular weight is 240 g/mol. The maximum Gasteiger partial charge on any atom is 0.123 e. The molecule has 0 saturated carbocycles. The Morgan fingerprint density at radius 2 is 2.12 bits per heavy atom. The highest BCUT2D eigenvalue weighted by molar-refractivity contribution is 5.20. The van der Waals surface area contributed by atoms with E-state index < -0.39 is 5.60 Å². The van der Waals surface area contributed by atoms with Gasteiger partial charge in [0.05, 0.1) is 5.60 Å². The fraction of sp³-hybridized carbons (Fsp3) is 0.538. The minimum Gasteiger partial charge on any atom is -0.389 e. The Bertz CT molecular complexity index is 363. The van der Waals surface area contributed by atoms with E-state index >= 15 is 0 Å². The molecule has 17 heavy (non-hydrogen) atoms. The Balaban J connectivity index is 2.84. The van der Waals surface area contributed by atoms with E-state index in [1.807, 2.05) is 18.0 Å². The third-order valence-corrected chi connectivity index (χ3v) is 2.63. The van der Waals surface area contributed by atoms with Crippen molar-refractivity contribution in [2.45, 2.75) is 25.5 Å². The number of likely N-dealkylation sites (N-methyl/N-ethyl adjacent to an activating group) is 1. The van der Waals surface area contributed by atoms with E-state index in [1.165, 1.54) is 12.1 Å². The van der Waals surface area contributed by atoms with E-state index in [1.54, 1.807) is 19.9 Å². The number of benzene rings is 1. The number of hydrogen-bond donors (Lipinski definition) is 2. The largest absolute Gasteiger partial charge is 0.389 e. The Morgan fingerprint density at radius 1 is 1.47 bits per heavy atom. The van der Waals surface area contributed by atoms with Crippen LogP contribution in [0.3, 0.4) is 0 Å². The molecule has 0 bridgehead atoms. The molecule has 0 aliphatic rings. The van der Waals surface area contributed by atoms with Gasteiger partial charge < -0.3 is 10.8 Å². The SMILES string of the molecule is CN(CC(C)(C)O)C(CN)c1cccc(F)c1. The molecule has 1 unspecified atom stereocenters. The summed E-state index contributed by atoms with van der Waals surface area (Å²) in [6.07, 6.45) is 0. The average Bonchev–Trinajstić information content (AvgIpc) is 2.15. The minimum absolute atomic E-state index is 0.0860. The number of nitrogens with zero attached hydrogens (tertiary/aromatic N) is 1. The van der Waals surface area contributed by atoms with E-state index in [2.05, 4.69) is 0 Å². The number of rotatable bonds is 5. The first kappa shape index (κ1) is 14.1. The van der Waals surface area contributed by atoms with Gasteiger partial charge >= 0.3 is 0 Å². The molecular weight excluding hydrogens is 219 g/mol. The van der Waals surface area contributed by atoms with Crippen molar-refractivity contribution in [2.24, 2.45) is 5.73 Å². The molecule has 3 N–H and O–H groups in total. The molecule has 0 aromatic heterocycles. The van der Waals surface area contributed by atoms with Crippen LogP contribution in [0.5, 0.6) is 0 Å². The predicted octanol–water partition coefficient (Wildman–Crippen LogP) is 1.53. The summed E-state index contributed by atoms with van der Waals surface area (Å²) in [7, 11) is 1.88. The van der Waals surface area contributed by atoms with Crippen LogP contribution >= 0.6 is 0 Å². The van der Waals surface area contributed by atoms with Gasteiger partial charge in [-0.3, -0.25) is 4.90 Å². The Kier molecular flexibility index (Phi) is 4.62. The topological polar surface area (TPSA) is 49.5 Å². The first-order valence-electron chi connectivity index (χ1n) is 5.71. The van der Waals surface area contributed by atoms with Gasteiger partial charge in [-0.25, -0.2) is 4.39 Å². The van der Waals surface area contributed by atoms with Crippen LogP contribution in [-0.2, 0) is 0 Å². The number of hydrogen-bond acceptors (Lipinski definition) is 3. The second kappa shape index (κ2) is 5.58. The van der Waals surface area contributed by atoms with Gasteiger partial charge in [0, 0.05) is 19.1 Å². The summed E-state index contributed by atoms with van der Waals surface area (Å²) in [4.78, 5) is 1.94. The van der Waals surface area contributed by atoms with Gasteiger partial charge in [0.2, 0.25) is 0 Å². The summed E-state index contributed by atoms with van der Waals surface area (Å²) in [6, 6.07) is 6.33. The normalized spacial score (nSPS) is 14.1. The molecule has 0 saturated heterocycles. The van der Waals surface area contributed by atoms with Gasteiger partial charge in [-0.1, -0.05) is 12.1 Å². The van der Waals surface area contributed by atoms with Crippen LogP contribution in [0.25, 0.3) is 0 Å². The van der Waals surface area contributed by atoms with Crippen molar-refractivity contribution in [3.8, 4) is 0 Å². The van der Waals surface area contributed by atoms with Gasteiger partial charge in [0.15, 0.2) is 0 Å². The highest BCUT2D eigenvalue weighted by Gasteiger charge is 2.22. The van der Waals surface area contributed by atoms with Crippen LogP contribution in [0.1, 0.15) is 25.5 Å². The Hall–Kier alpha value is -0.970. The molecule has 96 valence electrons. The molecule has 1 rings (SSSR count). The van der Waals surface area contributed by atoms with E-state index in [-0.39, 0.29) is 11.9 Å². The molecule has 4 heteroatoms. The first-order valence-corrected chi connectivity index (χ1v) is 5.71. The lowest BCUT2D eigenvalue weighted by molar-refractivity contribution is 0.0320. The van der Waals surface area contributed by atoms with Crippen molar-refractivity contribution in [1.29, 1.82) is 0 Å². The molecule has 1 aromatic carbocycles. The third-order valence-electron chi connectivity index (χ3n) is 2.63. The Morgan fingerprint density at radius 3 is 2.59 bits per heavy atom.